The number of rotatable bonds is 5. The van der Waals surface area contributed by atoms with Crippen LogP contribution >= 0.6 is 41.6 Å². The van der Waals surface area contributed by atoms with Gasteiger partial charge in [-0.3, -0.25) is 18.1 Å². The number of nitrogens with one attached hydrogen (secondary N) is 1. The number of H-pyrrole nitrogens is 1. The van der Waals surface area contributed by atoms with Gasteiger partial charge in [0, 0.05) is 17.9 Å². The molecule has 10 nitrogen and oxygen atoms in total. The van der Waals surface area contributed by atoms with E-state index >= 15 is 0 Å². The summed E-state index contributed by atoms with van der Waals surface area (Å²) in [6, 6.07) is 0. The van der Waals surface area contributed by atoms with Gasteiger partial charge in [0.25, 0.3) is 0 Å². The number of imidazole rings is 1. The van der Waals surface area contributed by atoms with Crippen LogP contribution in [-0.2, 0) is 27.6 Å². The molecule has 0 radical (unpaired) electrons. The highest BCUT2D eigenvalue weighted by Crippen LogP contribution is 2.58. The summed E-state index contributed by atoms with van der Waals surface area (Å²) in [5.74, 6) is 3.72. The molecule has 0 saturated carbocycles. The number of phosphoric acid groups is 1. The van der Waals surface area contributed by atoms with Crippen molar-refractivity contribution in [1.82, 2.24) is 19.5 Å². The van der Waals surface area contributed by atoms with Gasteiger partial charge in [-0.05, 0) is 0 Å². The van der Waals surface area contributed by atoms with E-state index in [-0.39, 0.29) is 25.4 Å². The Morgan fingerprint density at radius 1 is 1.35 bits per heavy atom. The summed E-state index contributed by atoms with van der Waals surface area (Å²) in [6.45, 7) is 0.257. The molecule has 0 amide bonds. The van der Waals surface area contributed by atoms with Crippen LogP contribution < -0.4 is 0 Å². The highest BCUT2D eigenvalue weighted by Gasteiger charge is 2.49. The minimum atomic E-state index is -3.78. The first-order valence-corrected chi connectivity index (χ1v) is 13.9. The summed E-state index contributed by atoms with van der Waals surface area (Å²) in [4.78, 5) is 11.4. The minimum absolute atomic E-state index is 0.0932. The zero-order valence-corrected chi connectivity index (χ0v) is 19.5. The molecule has 14 heteroatoms. The zero-order chi connectivity index (χ0) is 21.4. The fourth-order valence-electron chi connectivity index (χ4n) is 3.61. The van der Waals surface area contributed by atoms with Crippen LogP contribution in [0, 0.1) is 17.0 Å². The summed E-state index contributed by atoms with van der Waals surface area (Å²) < 4.78 is 44.3. The highest BCUT2D eigenvalue weighted by molar-refractivity contribution is 8.76. The van der Waals surface area contributed by atoms with Crippen molar-refractivity contribution in [2.24, 2.45) is 0 Å². The number of nitrogens with zero attached hydrogens (tertiary/aromatic N) is 3. The molecule has 0 aliphatic carbocycles. The van der Waals surface area contributed by atoms with E-state index in [0.717, 1.165) is 0 Å². The molecule has 0 spiro atoms. The van der Waals surface area contributed by atoms with E-state index in [1.165, 1.54) is 0 Å². The van der Waals surface area contributed by atoms with Gasteiger partial charge in [-0.25, -0.2) is 14.5 Å². The third-order valence-electron chi connectivity index (χ3n) is 5.13. The van der Waals surface area contributed by atoms with Gasteiger partial charge >= 0.3 is 7.82 Å². The van der Waals surface area contributed by atoms with Crippen LogP contribution in [0.1, 0.15) is 12.6 Å². The van der Waals surface area contributed by atoms with E-state index < -0.39 is 26.3 Å². The van der Waals surface area contributed by atoms with Crippen LogP contribution in [0.15, 0.2) is 12.7 Å². The van der Waals surface area contributed by atoms with Crippen molar-refractivity contribution < 1.29 is 27.6 Å². The zero-order valence-electron chi connectivity index (χ0n) is 16.1. The fraction of sp³-hybridized carbons (Fsp3) is 0.588. The second-order valence-corrected chi connectivity index (χ2v) is 11.6. The van der Waals surface area contributed by atoms with Crippen molar-refractivity contribution in [3.63, 3.8) is 0 Å². The summed E-state index contributed by atoms with van der Waals surface area (Å²) in [5.41, 5.74) is 1.20. The van der Waals surface area contributed by atoms with E-state index in [9.17, 15) is 4.57 Å². The monoisotopic (exact) mass is 502 g/mol. The SMILES string of the molecule is C#CCO[C@H]1CSSC[C@@H]1OP1(=O)OC[C@H]2O[C@@H](n3cnc4nc[nH]c4c3=S)C[C@@H]2O1. The normalized spacial score (nSPS) is 35.6. The molecule has 2 aromatic heterocycles. The number of hydrogen-bond donors (Lipinski definition) is 1. The van der Waals surface area contributed by atoms with Crippen molar-refractivity contribution >= 4 is 52.8 Å². The first kappa shape index (κ1) is 21.9. The Balaban J connectivity index is 1.28. The lowest BCUT2D eigenvalue weighted by Gasteiger charge is -2.35. The number of aromatic amines is 1. The fourth-order valence-corrected chi connectivity index (χ4v) is 8.06. The molecule has 5 heterocycles. The lowest BCUT2D eigenvalue weighted by Crippen LogP contribution is -2.40. The smallest absolute Gasteiger partial charge is 0.362 e. The molecule has 5 rings (SSSR count). The quantitative estimate of drug-likeness (QED) is 0.282. The molecule has 6 atom stereocenters. The topological polar surface area (TPSA) is 110 Å². The molecule has 3 aliphatic rings. The second kappa shape index (κ2) is 9.13. The largest absolute Gasteiger partial charge is 0.475 e. The summed E-state index contributed by atoms with van der Waals surface area (Å²) in [6.07, 6.45) is 6.86. The molecule has 166 valence electrons. The molecule has 31 heavy (non-hydrogen) atoms. The summed E-state index contributed by atoms with van der Waals surface area (Å²) in [5, 5.41) is 0. The van der Waals surface area contributed by atoms with Crippen molar-refractivity contribution in [2.45, 2.75) is 37.1 Å². The van der Waals surface area contributed by atoms with Crippen molar-refractivity contribution in [1.29, 1.82) is 0 Å². The number of fused-ring (bicyclic) bond motifs is 2. The van der Waals surface area contributed by atoms with Gasteiger partial charge in [-0.1, -0.05) is 39.7 Å². The molecule has 0 bridgehead atoms. The van der Waals surface area contributed by atoms with Crippen molar-refractivity contribution in [3.8, 4) is 12.3 Å². The minimum Gasteiger partial charge on any atom is -0.362 e. The predicted molar refractivity (Wildman–Crippen MR) is 118 cm³/mol. The molecular weight excluding hydrogens is 483 g/mol. The Kier molecular flexibility index (Phi) is 6.44. The third kappa shape index (κ3) is 4.46. The maximum absolute atomic E-state index is 13.2. The van der Waals surface area contributed by atoms with E-state index in [1.807, 2.05) is 0 Å². The first-order valence-electron chi connectivity index (χ1n) is 9.53. The Hall–Kier alpha value is -0.940. The van der Waals surface area contributed by atoms with Crippen LogP contribution in [-0.4, -0.2) is 68.7 Å². The van der Waals surface area contributed by atoms with Crippen LogP contribution in [0.4, 0.5) is 0 Å². The number of aromatic nitrogens is 4. The van der Waals surface area contributed by atoms with E-state index in [2.05, 4.69) is 20.9 Å². The van der Waals surface area contributed by atoms with Gasteiger partial charge in [0.1, 0.15) is 47.6 Å². The maximum atomic E-state index is 13.2. The molecule has 2 aromatic rings. The number of hydrogen-bond acceptors (Lipinski definition) is 11. The molecule has 3 fully saturated rings. The van der Waals surface area contributed by atoms with Crippen LogP contribution in [0.2, 0.25) is 0 Å². The Morgan fingerprint density at radius 3 is 3.03 bits per heavy atom. The van der Waals surface area contributed by atoms with Crippen molar-refractivity contribution in [3.05, 3.63) is 17.3 Å². The molecule has 1 unspecified atom stereocenters. The van der Waals surface area contributed by atoms with Gasteiger partial charge in [0.05, 0.1) is 19.0 Å². The average molecular weight is 503 g/mol. The third-order valence-corrected chi connectivity index (χ3v) is 9.48. The van der Waals surface area contributed by atoms with Gasteiger partial charge in [0.2, 0.25) is 0 Å². The molecule has 1 N–H and O–H groups in total. The molecule has 3 aliphatic heterocycles. The van der Waals surface area contributed by atoms with Crippen LogP contribution in [0.5, 0.6) is 0 Å². The lowest BCUT2D eigenvalue weighted by atomic mass is 10.2. The standard InChI is InChI=1S/C17H19N4O6PS3/c1-2-3-23-12-6-30-31-7-13(12)27-28(22)24-5-11-10(26-28)4-14(25-11)21-9-20-16-15(17(21)29)18-8-19-16/h1,8-14H,3-7H2,(H,18,19)/t10-,11+,12-,13-,14+,28?/m0/s1. The number of terminal acetylenes is 1. The van der Waals surface area contributed by atoms with Crippen LogP contribution in [0.3, 0.4) is 0 Å². The predicted octanol–water partition coefficient (Wildman–Crippen LogP) is 3.10. The first-order chi connectivity index (χ1) is 15.1. The van der Waals surface area contributed by atoms with Gasteiger partial charge in [0.15, 0.2) is 5.65 Å². The maximum Gasteiger partial charge on any atom is 0.475 e. The summed E-state index contributed by atoms with van der Waals surface area (Å²) >= 11 is 5.54. The highest BCUT2D eigenvalue weighted by atomic mass is 33.1. The van der Waals surface area contributed by atoms with Gasteiger partial charge in [-0.2, -0.15) is 0 Å². The van der Waals surface area contributed by atoms with E-state index in [4.69, 9.17) is 41.7 Å². The summed E-state index contributed by atoms with van der Waals surface area (Å²) in [7, 11) is -0.501. The van der Waals surface area contributed by atoms with Crippen molar-refractivity contribution in [2.75, 3.05) is 24.7 Å². The van der Waals surface area contributed by atoms with Crippen LogP contribution in [0.25, 0.3) is 11.2 Å². The second-order valence-electron chi connectivity index (χ2n) is 7.08. The molecule has 0 aromatic carbocycles. The number of ether oxygens (including phenoxy) is 2. The molecule has 3 saturated heterocycles. The Labute approximate surface area is 191 Å². The molecular formula is C17H19N4O6PS3. The lowest BCUT2D eigenvalue weighted by molar-refractivity contribution is -0.0831. The number of phosphoric ester groups is 1. The average Bonchev–Trinajstić information content (AvgIpc) is 3.40. The van der Waals surface area contributed by atoms with Gasteiger partial charge in [-0.15, -0.1) is 6.42 Å². The Morgan fingerprint density at radius 2 is 2.19 bits per heavy atom. The van der Waals surface area contributed by atoms with E-state index in [0.29, 0.717) is 33.7 Å². The Bertz CT molecular complexity index is 1110. The van der Waals surface area contributed by atoms with E-state index in [1.54, 1.807) is 38.8 Å². The van der Waals surface area contributed by atoms with Gasteiger partial charge < -0.3 is 14.5 Å².